The zero-order valence-corrected chi connectivity index (χ0v) is 18.7. The molecule has 1 heterocycles. The summed E-state index contributed by atoms with van der Waals surface area (Å²) in [4.78, 5) is 26.2. The number of nitrogens with zero attached hydrogens (tertiary/aromatic N) is 1. The summed E-state index contributed by atoms with van der Waals surface area (Å²) in [5, 5.41) is 9.33. The second kappa shape index (κ2) is 8.74. The van der Waals surface area contributed by atoms with Crippen molar-refractivity contribution in [1.82, 2.24) is 4.90 Å². The van der Waals surface area contributed by atoms with Gasteiger partial charge in [-0.05, 0) is 84.0 Å². The van der Waals surface area contributed by atoms with Crippen LogP contribution in [0.25, 0.3) is 11.1 Å². The molecule has 2 aliphatic rings. The molecule has 0 spiro atoms. The summed E-state index contributed by atoms with van der Waals surface area (Å²) in [6.45, 7) is 3.04. The third-order valence-corrected chi connectivity index (χ3v) is 6.80. The maximum absolute atomic E-state index is 12.8. The lowest BCUT2D eigenvalue weighted by Gasteiger charge is -2.23. The van der Waals surface area contributed by atoms with Crippen molar-refractivity contribution >= 4 is 11.9 Å². The SMILES string of the molecule is Cc1ccc(C(=O)O)cc1-c1cccc(COc2ccc3c(c2)CN(C2CCCC2)C3=O)c1. The minimum absolute atomic E-state index is 0.148. The number of carboxylic acids is 1. The number of benzene rings is 3. The summed E-state index contributed by atoms with van der Waals surface area (Å²) in [5.74, 6) is -0.0308. The van der Waals surface area contributed by atoms with E-state index in [1.54, 1.807) is 12.1 Å². The molecule has 5 heteroatoms. The van der Waals surface area contributed by atoms with E-state index in [9.17, 15) is 14.7 Å². The third kappa shape index (κ3) is 4.23. The largest absolute Gasteiger partial charge is 0.489 e. The predicted octanol–water partition coefficient (Wildman–Crippen LogP) is 5.84. The standard InChI is InChI=1S/C28H27NO4/c1-18-9-10-21(28(31)32)15-26(18)20-6-4-5-19(13-20)17-33-24-11-12-25-22(14-24)16-29(27(25)30)23-7-2-3-8-23/h4-6,9-15,23H,2-3,7-8,16-17H2,1H3,(H,31,32). The third-order valence-electron chi connectivity index (χ3n) is 6.80. The van der Waals surface area contributed by atoms with Gasteiger partial charge in [-0.25, -0.2) is 4.79 Å². The molecule has 33 heavy (non-hydrogen) atoms. The van der Waals surface area contributed by atoms with Crippen LogP contribution >= 0.6 is 0 Å². The first kappa shape index (κ1) is 21.3. The van der Waals surface area contributed by atoms with E-state index < -0.39 is 5.97 Å². The summed E-state index contributed by atoms with van der Waals surface area (Å²) >= 11 is 0. The van der Waals surface area contributed by atoms with Crippen LogP contribution in [0.4, 0.5) is 0 Å². The van der Waals surface area contributed by atoms with Crippen molar-refractivity contribution < 1.29 is 19.4 Å². The van der Waals surface area contributed by atoms with Gasteiger partial charge in [-0.2, -0.15) is 0 Å². The van der Waals surface area contributed by atoms with Crippen molar-refractivity contribution in [2.75, 3.05) is 0 Å². The number of carbonyl (C=O) groups excluding carboxylic acids is 1. The predicted molar refractivity (Wildman–Crippen MR) is 126 cm³/mol. The van der Waals surface area contributed by atoms with E-state index in [1.165, 1.54) is 12.8 Å². The minimum Gasteiger partial charge on any atom is -0.489 e. The number of aryl methyl sites for hydroxylation is 1. The second-order valence-electron chi connectivity index (χ2n) is 9.01. The smallest absolute Gasteiger partial charge is 0.335 e. The van der Waals surface area contributed by atoms with Gasteiger partial charge in [-0.1, -0.05) is 37.1 Å². The Morgan fingerprint density at radius 1 is 1.03 bits per heavy atom. The van der Waals surface area contributed by atoms with Crippen LogP contribution in [0.1, 0.15) is 63.1 Å². The number of aromatic carboxylic acids is 1. The molecule has 1 aliphatic heterocycles. The van der Waals surface area contributed by atoms with Crippen LogP contribution in [0.3, 0.4) is 0 Å². The van der Waals surface area contributed by atoms with E-state index in [0.29, 0.717) is 19.2 Å². The molecule has 1 aliphatic carbocycles. The lowest BCUT2D eigenvalue weighted by molar-refractivity contribution is 0.0691. The van der Waals surface area contributed by atoms with Crippen molar-refractivity contribution in [2.24, 2.45) is 0 Å². The number of carboxylic acid groups (broad SMARTS) is 1. The first-order chi connectivity index (χ1) is 16.0. The molecule has 0 unspecified atom stereocenters. The number of ether oxygens (including phenoxy) is 1. The minimum atomic E-state index is -0.933. The van der Waals surface area contributed by atoms with Gasteiger partial charge in [0.25, 0.3) is 5.91 Å². The van der Waals surface area contributed by atoms with Gasteiger partial charge in [0.15, 0.2) is 0 Å². The molecule has 0 bridgehead atoms. The first-order valence-corrected chi connectivity index (χ1v) is 11.5. The molecule has 3 aromatic rings. The Morgan fingerprint density at radius 3 is 2.64 bits per heavy atom. The first-order valence-electron chi connectivity index (χ1n) is 11.5. The highest BCUT2D eigenvalue weighted by Gasteiger charge is 2.34. The Bertz CT molecular complexity index is 1230. The number of rotatable bonds is 6. The van der Waals surface area contributed by atoms with E-state index in [2.05, 4.69) is 0 Å². The molecule has 5 rings (SSSR count). The molecular weight excluding hydrogens is 414 g/mol. The van der Waals surface area contributed by atoms with Crippen LogP contribution in [-0.2, 0) is 13.2 Å². The fourth-order valence-electron chi connectivity index (χ4n) is 4.98. The molecule has 0 radical (unpaired) electrons. The molecule has 1 fully saturated rings. The van der Waals surface area contributed by atoms with Crippen molar-refractivity contribution in [2.45, 2.75) is 51.8 Å². The monoisotopic (exact) mass is 441 g/mol. The highest BCUT2D eigenvalue weighted by molar-refractivity contribution is 5.98. The van der Waals surface area contributed by atoms with Crippen LogP contribution in [-0.4, -0.2) is 27.9 Å². The number of carbonyl (C=O) groups is 2. The maximum Gasteiger partial charge on any atom is 0.335 e. The molecule has 0 atom stereocenters. The fourth-order valence-corrected chi connectivity index (χ4v) is 4.98. The van der Waals surface area contributed by atoms with Crippen molar-refractivity contribution in [3.05, 3.63) is 88.5 Å². The van der Waals surface area contributed by atoms with Gasteiger partial charge in [0, 0.05) is 18.2 Å². The molecule has 0 saturated heterocycles. The van der Waals surface area contributed by atoms with Gasteiger partial charge >= 0.3 is 5.97 Å². The normalized spacial score (nSPS) is 15.7. The summed E-state index contributed by atoms with van der Waals surface area (Å²) in [7, 11) is 0. The highest BCUT2D eigenvalue weighted by atomic mass is 16.5. The summed E-state index contributed by atoms with van der Waals surface area (Å²) in [6, 6.07) is 19.3. The molecular formula is C28H27NO4. The van der Waals surface area contributed by atoms with Crippen LogP contribution in [0, 0.1) is 6.92 Å². The summed E-state index contributed by atoms with van der Waals surface area (Å²) < 4.78 is 6.07. The van der Waals surface area contributed by atoms with E-state index in [0.717, 1.165) is 52.0 Å². The molecule has 0 aromatic heterocycles. The Hall–Kier alpha value is -3.60. The van der Waals surface area contributed by atoms with Gasteiger partial charge < -0.3 is 14.7 Å². The van der Waals surface area contributed by atoms with Crippen LogP contribution in [0.15, 0.2) is 60.7 Å². The second-order valence-corrected chi connectivity index (χ2v) is 9.01. The quantitative estimate of drug-likeness (QED) is 0.522. The molecule has 1 amide bonds. The van der Waals surface area contributed by atoms with E-state index in [4.69, 9.17) is 4.74 Å². The number of amides is 1. The topological polar surface area (TPSA) is 66.8 Å². The average Bonchev–Trinajstić information content (AvgIpc) is 3.46. The molecule has 5 nitrogen and oxygen atoms in total. The van der Waals surface area contributed by atoms with Gasteiger partial charge in [-0.15, -0.1) is 0 Å². The molecule has 168 valence electrons. The lowest BCUT2D eigenvalue weighted by atomic mass is 9.97. The molecule has 1 N–H and O–H groups in total. The van der Waals surface area contributed by atoms with Crippen molar-refractivity contribution in [3.63, 3.8) is 0 Å². The molecule has 1 saturated carbocycles. The van der Waals surface area contributed by atoms with Crippen LogP contribution < -0.4 is 4.74 Å². The van der Waals surface area contributed by atoms with Gasteiger partial charge in [-0.3, -0.25) is 4.79 Å². The highest BCUT2D eigenvalue weighted by Crippen LogP contribution is 2.33. The number of hydrogen-bond acceptors (Lipinski definition) is 3. The Balaban J connectivity index is 1.31. The van der Waals surface area contributed by atoms with Gasteiger partial charge in [0.2, 0.25) is 0 Å². The van der Waals surface area contributed by atoms with Crippen LogP contribution in [0.5, 0.6) is 5.75 Å². The van der Waals surface area contributed by atoms with Crippen LogP contribution in [0.2, 0.25) is 0 Å². The molecule has 3 aromatic carbocycles. The van der Waals surface area contributed by atoms with E-state index in [1.807, 2.05) is 60.4 Å². The lowest BCUT2D eigenvalue weighted by Crippen LogP contribution is -2.33. The Kier molecular flexibility index (Phi) is 5.63. The van der Waals surface area contributed by atoms with Gasteiger partial charge in [0.05, 0.1) is 5.56 Å². The zero-order chi connectivity index (χ0) is 22.9. The van der Waals surface area contributed by atoms with Crippen molar-refractivity contribution in [3.8, 4) is 16.9 Å². The zero-order valence-electron chi connectivity index (χ0n) is 18.7. The maximum atomic E-state index is 12.8. The average molecular weight is 442 g/mol. The number of hydrogen-bond donors (Lipinski definition) is 1. The van der Waals surface area contributed by atoms with Gasteiger partial charge in [0.1, 0.15) is 12.4 Å². The Labute approximate surface area is 193 Å². The van der Waals surface area contributed by atoms with E-state index >= 15 is 0 Å². The van der Waals surface area contributed by atoms with E-state index in [-0.39, 0.29) is 11.5 Å². The number of fused-ring (bicyclic) bond motifs is 1. The summed E-state index contributed by atoms with van der Waals surface area (Å²) in [6.07, 6.45) is 4.62. The summed E-state index contributed by atoms with van der Waals surface area (Å²) in [5.41, 5.74) is 5.99. The fraction of sp³-hybridized carbons (Fsp3) is 0.286. The van der Waals surface area contributed by atoms with Crippen molar-refractivity contribution in [1.29, 1.82) is 0 Å². The Morgan fingerprint density at radius 2 is 1.85 bits per heavy atom.